The van der Waals surface area contributed by atoms with Crippen LogP contribution in [-0.4, -0.2) is 19.9 Å². The minimum Gasteiger partial charge on any atom is -0.296 e. The molecule has 411 valence electrons. The smallest absolute Gasteiger partial charge is 0.164 e. The van der Waals surface area contributed by atoms with Gasteiger partial charge in [-0.1, -0.05) is 235 Å². The molecule has 2 aromatic heterocycles. The molecule has 0 saturated heterocycles. The van der Waals surface area contributed by atoms with E-state index in [0.717, 1.165) is 62.8 Å². The van der Waals surface area contributed by atoms with Crippen LogP contribution in [0.2, 0.25) is 0 Å². The summed E-state index contributed by atoms with van der Waals surface area (Å²) in [6.07, 6.45) is 12.3. The van der Waals surface area contributed by atoms with Gasteiger partial charge >= 0.3 is 0 Å². The molecule has 9 aromatic carbocycles. The minimum absolute atomic E-state index is 0. The van der Waals surface area contributed by atoms with Crippen LogP contribution in [0.1, 0.15) is 135 Å². The van der Waals surface area contributed by atoms with Crippen LogP contribution in [0.15, 0.2) is 188 Å². The van der Waals surface area contributed by atoms with Gasteiger partial charge in [-0.25, -0.2) is 15.0 Å². The first kappa shape index (κ1) is 54.3. The van der Waals surface area contributed by atoms with E-state index in [-0.39, 0.29) is 25.5 Å². The van der Waals surface area contributed by atoms with E-state index >= 15 is 0 Å². The fourth-order valence-electron chi connectivity index (χ4n) is 14.3. The van der Waals surface area contributed by atoms with Crippen molar-refractivity contribution in [2.24, 2.45) is 0 Å². The Morgan fingerprint density at radius 3 is 1.47 bits per heavy atom. The van der Waals surface area contributed by atoms with Gasteiger partial charge in [-0.15, -0.1) is 29.3 Å². The summed E-state index contributed by atoms with van der Waals surface area (Å²) in [5.41, 5.74) is 27.7. The van der Waals surface area contributed by atoms with Crippen molar-refractivity contribution >= 4 is 10.9 Å². The van der Waals surface area contributed by atoms with Gasteiger partial charge in [-0.3, -0.25) is 4.98 Å². The molecule has 0 unspecified atom stereocenters. The molecule has 0 bridgehead atoms. The second-order valence-electron chi connectivity index (χ2n) is 24.0. The first-order chi connectivity index (χ1) is 40.1. The van der Waals surface area contributed by atoms with E-state index in [1.54, 1.807) is 0 Å². The summed E-state index contributed by atoms with van der Waals surface area (Å²) in [5.74, 6) is 1.90. The van der Waals surface area contributed by atoms with E-state index in [0.29, 0.717) is 17.5 Å². The Bertz CT molecular complexity index is 4200. The van der Waals surface area contributed by atoms with Gasteiger partial charge in [0.05, 0.1) is 10.9 Å². The van der Waals surface area contributed by atoms with Crippen molar-refractivity contribution in [1.82, 2.24) is 19.9 Å². The fraction of sp³-hybridized carbons (Fsp3) is 0.231. The zero-order valence-corrected chi connectivity index (χ0v) is 51.0. The molecule has 11 aromatic rings. The van der Waals surface area contributed by atoms with Crippen LogP contribution in [0.25, 0.3) is 101 Å². The van der Waals surface area contributed by atoms with Gasteiger partial charge in [0.15, 0.2) is 17.5 Å². The third-order valence-electron chi connectivity index (χ3n) is 18.5. The molecule has 83 heavy (non-hydrogen) atoms. The number of hydrogen-bond acceptors (Lipinski definition) is 4. The van der Waals surface area contributed by atoms with Crippen molar-refractivity contribution in [3.63, 3.8) is 0 Å². The summed E-state index contributed by atoms with van der Waals surface area (Å²) in [5, 5.41) is 1.01. The van der Waals surface area contributed by atoms with Gasteiger partial charge in [0.25, 0.3) is 0 Å². The van der Waals surface area contributed by atoms with Gasteiger partial charge in [0, 0.05) is 47.6 Å². The molecular weight excluding hydrogens is 1190 g/mol. The van der Waals surface area contributed by atoms with Gasteiger partial charge in [0.2, 0.25) is 0 Å². The number of unbranched alkanes of at least 4 members (excludes halogenated alkanes) is 6. The van der Waals surface area contributed by atoms with Gasteiger partial charge < -0.3 is 0 Å². The molecule has 3 aliphatic carbocycles. The maximum absolute atomic E-state index is 5.73. The van der Waals surface area contributed by atoms with Crippen molar-refractivity contribution in [2.45, 2.75) is 117 Å². The van der Waals surface area contributed by atoms with E-state index < -0.39 is 5.41 Å². The molecule has 5 heteroatoms. The number of aromatic nitrogens is 4. The summed E-state index contributed by atoms with van der Waals surface area (Å²) in [6, 6.07) is 74.3. The molecule has 0 amide bonds. The molecule has 3 aliphatic rings. The Labute approximate surface area is 504 Å². The number of fused-ring (bicyclic) bond motifs is 14. The number of rotatable bonds is 15. The summed E-state index contributed by atoms with van der Waals surface area (Å²) in [6.45, 7) is 13.6. The van der Waals surface area contributed by atoms with E-state index in [4.69, 9.17) is 19.9 Å². The molecule has 4 nitrogen and oxygen atoms in total. The zero-order chi connectivity index (χ0) is 55.7. The molecule has 1 radical (unpaired) electrons. The third kappa shape index (κ3) is 9.14. The minimum atomic E-state index is -0.590. The topological polar surface area (TPSA) is 51.6 Å². The second kappa shape index (κ2) is 22.0. The maximum atomic E-state index is 5.73. The molecule has 0 fully saturated rings. The van der Waals surface area contributed by atoms with Crippen LogP contribution >= 0.6 is 0 Å². The van der Waals surface area contributed by atoms with Crippen molar-refractivity contribution < 1.29 is 20.1 Å². The Morgan fingerprint density at radius 1 is 0.386 bits per heavy atom. The predicted octanol–water partition coefficient (Wildman–Crippen LogP) is 20.1. The predicted molar refractivity (Wildman–Crippen MR) is 340 cm³/mol. The Kier molecular flexibility index (Phi) is 14.4. The standard InChI is InChI=1S/C78H69N4.Ir/c1-7-9-11-13-27-51-41-52(28-14-12-10-8-2)43-55(42-51)53-37-39-61-62-40-38-54(45-71(62)78(70(61)44-53)67-35-23-20-31-58(67)59-32-21-24-36-68(59)78)72-48-65(64-46-69-63(47-73(64)79-72)60-33-19-22-34-66(60)77(69,5)6)76-81-74(56-29-17-15-25-49(56)3)80-75(82-76)57-30-18-16-26-50(57)4;/h15-26,29-37,39-48H,7-14,27-28H2,1-6H3;/q-1;. The molecule has 0 N–H and O–H groups in total. The number of nitrogens with zero attached hydrogens (tertiary/aromatic N) is 4. The number of hydrogen-bond donors (Lipinski definition) is 0. The van der Waals surface area contributed by atoms with Gasteiger partial charge in [-0.05, 0) is 147 Å². The zero-order valence-electron chi connectivity index (χ0n) is 48.6. The van der Waals surface area contributed by atoms with Crippen molar-refractivity contribution in [1.29, 1.82) is 0 Å². The maximum Gasteiger partial charge on any atom is 0.164 e. The molecule has 1 spiro atoms. The van der Waals surface area contributed by atoms with Gasteiger partial charge in [0.1, 0.15) is 0 Å². The average Bonchev–Trinajstić information content (AvgIpc) is 1.58. The first-order valence-corrected chi connectivity index (χ1v) is 30.2. The van der Waals surface area contributed by atoms with E-state index in [2.05, 4.69) is 236 Å². The molecule has 0 saturated carbocycles. The third-order valence-corrected chi connectivity index (χ3v) is 18.5. The molecule has 2 heterocycles. The van der Waals surface area contributed by atoms with Crippen LogP contribution in [0.5, 0.6) is 0 Å². The normalized spacial score (nSPS) is 13.5. The number of aryl methyl sites for hydroxylation is 4. The fourth-order valence-corrected chi connectivity index (χ4v) is 14.3. The summed E-state index contributed by atoms with van der Waals surface area (Å²) >= 11 is 0. The van der Waals surface area contributed by atoms with Crippen molar-refractivity contribution in [3.05, 3.63) is 250 Å². The Hall–Kier alpha value is -7.95. The van der Waals surface area contributed by atoms with Crippen molar-refractivity contribution in [2.75, 3.05) is 0 Å². The number of benzene rings is 9. The quantitative estimate of drug-likeness (QED) is 0.0758. The average molecular weight is 1250 g/mol. The van der Waals surface area contributed by atoms with Crippen LogP contribution in [0.3, 0.4) is 0 Å². The summed E-state index contributed by atoms with van der Waals surface area (Å²) < 4.78 is 0. The van der Waals surface area contributed by atoms with Crippen LogP contribution in [0.4, 0.5) is 0 Å². The van der Waals surface area contributed by atoms with Crippen molar-refractivity contribution in [3.8, 4) is 89.9 Å². The van der Waals surface area contributed by atoms with Crippen LogP contribution in [0, 0.1) is 19.9 Å². The SMILES string of the molecule is CCCCCCc1cc(CCCCCC)cc(-c2ccc3c(c2)C2(c4ccccc4-c4ccccc42)c2cc(-c4cc(-c5nc(-c6ccccc6C)nc(-c6ccccc6C)n5)c5cc6c(cc5n4)-c4ccccc4C6(C)C)[c-]cc2-3)c1.[Ir]. The Balaban J connectivity index is 0.00000645. The van der Waals surface area contributed by atoms with Crippen LogP contribution < -0.4 is 0 Å². The molecular formula is C78H69IrN4-. The largest absolute Gasteiger partial charge is 0.296 e. The van der Waals surface area contributed by atoms with Gasteiger partial charge in [-0.2, -0.15) is 0 Å². The van der Waals surface area contributed by atoms with Crippen LogP contribution in [-0.2, 0) is 43.8 Å². The monoisotopic (exact) mass is 1250 g/mol. The Morgan fingerprint density at radius 2 is 0.892 bits per heavy atom. The molecule has 0 aliphatic heterocycles. The van der Waals surface area contributed by atoms with E-state index in [9.17, 15) is 0 Å². The molecule has 0 atom stereocenters. The summed E-state index contributed by atoms with van der Waals surface area (Å²) in [4.78, 5) is 21.9. The number of pyridine rings is 1. The van der Waals surface area contributed by atoms with E-state index in [1.165, 1.54) is 140 Å². The first-order valence-electron chi connectivity index (χ1n) is 30.2. The second-order valence-corrected chi connectivity index (χ2v) is 24.0. The van der Waals surface area contributed by atoms with E-state index in [1.807, 2.05) is 0 Å². The molecule has 14 rings (SSSR count). The summed E-state index contributed by atoms with van der Waals surface area (Å²) in [7, 11) is 0.